The average molecular weight is 410 g/mol. The highest BCUT2D eigenvalue weighted by atomic mass is 32.2. The summed E-state index contributed by atoms with van der Waals surface area (Å²) in [6, 6.07) is 4.38. The number of aryl methyl sites for hydroxylation is 1. The zero-order valence-corrected chi connectivity index (χ0v) is 15.4. The second-order valence-electron chi connectivity index (χ2n) is 5.87. The molecule has 11 heteroatoms. The lowest BCUT2D eigenvalue weighted by atomic mass is 10.2. The molecule has 0 atom stereocenters. The Morgan fingerprint density at radius 1 is 1.18 bits per heavy atom. The minimum atomic E-state index is -4.50. The van der Waals surface area contributed by atoms with Gasteiger partial charge in [-0.15, -0.1) is 0 Å². The maximum absolute atomic E-state index is 12.8. The molecule has 0 spiro atoms. The second-order valence-corrected chi connectivity index (χ2v) is 6.90. The topological polar surface area (TPSA) is 85.5 Å². The Labute approximate surface area is 160 Å². The minimum absolute atomic E-state index is 0.0249. The first kappa shape index (κ1) is 19.7. The normalized spacial score (nSPS) is 17.4. The summed E-state index contributed by atoms with van der Waals surface area (Å²) < 4.78 is 40.5. The molecular weight excluding hydrogens is 397 g/mol. The third-order valence-electron chi connectivity index (χ3n) is 3.81. The molecule has 1 aromatic heterocycles. The van der Waals surface area contributed by atoms with Crippen molar-refractivity contribution < 1.29 is 18.0 Å². The SMILES string of the molecule is Cn1cc(/C=C2\SC(=Nc3cccc(C(F)(F)F)c3)NC2=O)c(=O)n(C)c1=O. The summed E-state index contributed by atoms with van der Waals surface area (Å²) in [6.45, 7) is 0. The van der Waals surface area contributed by atoms with Crippen LogP contribution in [0, 0.1) is 0 Å². The predicted molar refractivity (Wildman–Crippen MR) is 99.2 cm³/mol. The quantitative estimate of drug-likeness (QED) is 0.768. The van der Waals surface area contributed by atoms with Gasteiger partial charge in [-0.05, 0) is 36.0 Å². The van der Waals surface area contributed by atoms with Gasteiger partial charge in [-0.3, -0.25) is 14.2 Å². The molecule has 0 unspecified atom stereocenters. The van der Waals surface area contributed by atoms with E-state index in [1.807, 2.05) is 0 Å². The fourth-order valence-corrected chi connectivity index (χ4v) is 3.26. The van der Waals surface area contributed by atoms with E-state index in [1.165, 1.54) is 43.1 Å². The fraction of sp³-hybridized carbons (Fsp3) is 0.176. The molecule has 28 heavy (non-hydrogen) atoms. The number of amidine groups is 1. The number of benzene rings is 1. The summed E-state index contributed by atoms with van der Waals surface area (Å²) in [7, 11) is 2.78. The van der Waals surface area contributed by atoms with Crippen LogP contribution in [0.3, 0.4) is 0 Å². The molecule has 1 aliphatic rings. The van der Waals surface area contributed by atoms with Gasteiger partial charge in [0.25, 0.3) is 11.5 Å². The number of carbonyl (C=O) groups excluding carboxylic acids is 1. The van der Waals surface area contributed by atoms with Crippen molar-refractivity contribution in [2.45, 2.75) is 6.18 Å². The van der Waals surface area contributed by atoms with Gasteiger partial charge in [-0.25, -0.2) is 9.79 Å². The Morgan fingerprint density at radius 2 is 1.89 bits per heavy atom. The molecule has 146 valence electrons. The van der Waals surface area contributed by atoms with Crippen LogP contribution in [0.2, 0.25) is 0 Å². The Morgan fingerprint density at radius 3 is 2.57 bits per heavy atom. The number of thioether (sulfide) groups is 1. The lowest BCUT2D eigenvalue weighted by Crippen LogP contribution is -2.37. The number of hydrogen-bond donors (Lipinski definition) is 1. The highest BCUT2D eigenvalue weighted by Crippen LogP contribution is 2.32. The number of hydrogen-bond acceptors (Lipinski definition) is 5. The van der Waals surface area contributed by atoms with E-state index in [0.29, 0.717) is 0 Å². The van der Waals surface area contributed by atoms with Crippen LogP contribution in [0.25, 0.3) is 6.08 Å². The Bertz CT molecular complexity index is 1150. The Kier molecular flexibility index (Phi) is 5.02. The van der Waals surface area contributed by atoms with Crippen LogP contribution in [0.5, 0.6) is 0 Å². The van der Waals surface area contributed by atoms with Crippen molar-refractivity contribution in [2.75, 3.05) is 0 Å². The largest absolute Gasteiger partial charge is 0.416 e. The van der Waals surface area contributed by atoms with E-state index in [-0.39, 0.29) is 21.3 Å². The molecule has 1 fully saturated rings. The number of nitrogens with zero attached hydrogens (tertiary/aromatic N) is 3. The highest BCUT2D eigenvalue weighted by molar-refractivity contribution is 8.18. The van der Waals surface area contributed by atoms with E-state index >= 15 is 0 Å². The first-order valence-corrected chi connectivity index (χ1v) is 8.61. The third kappa shape index (κ3) is 3.93. The van der Waals surface area contributed by atoms with E-state index in [0.717, 1.165) is 28.5 Å². The van der Waals surface area contributed by atoms with Gasteiger partial charge in [0.1, 0.15) is 0 Å². The fourth-order valence-electron chi connectivity index (χ4n) is 2.43. The van der Waals surface area contributed by atoms with E-state index < -0.39 is 28.9 Å². The van der Waals surface area contributed by atoms with Gasteiger partial charge in [-0.1, -0.05) is 6.07 Å². The van der Waals surface area contributed by atoms with Crippen LogP contribution < -0.4 is 16.6 Å². The van der Waals surface area contributed by atoms with E-state index in [1.54, 1.807) is 0 Å². The van der Waals surface area contributed by atoms with Crippen LogP contribution >= 0.6 is 11.8 Å². The Hall–Kier alpha value is -3.08. The number of alkyl halides is 3. The molecule has 2 aromatic rings. The van der Waals surface area contributed by atoms with Crippen molar-refractivity contribution >= 4 is 34.6 Å². The van der Waals surface area contributed by atoms with E-state index in [2.05, 4.69) is 10.3 Å². The Balaban J connectivity index is 1.93. The van der Waals surface area contributed by atoms with Gasteiger partial charge in [0.2, 0.25) is 0 Å². The molecule has 1 N–H and O–H groups in total. The molecular formula is C17H13F3N4O3S. The summed E-state index contributed by atoms with van der Waals surface area (Å²) in [5.41, 5.74) is -1.80. The van der Waals surface area contributed by atoms with Crippen molar-refractivity contribution in [3.8, 4) is 0 Å². The number of nitrogens with one attached hydrogen (secondary N) is 1. The van der Waals surface area contributed by atoms with Crippen LogP contribution in [0.1, 0.15) is 11.1 Å². The van der Waals surface area contributed by atoms with E-state index in [9.17, 15) is 27.6 Å². The van der Waals surface area contributed by atoms with Crippen molar-refractivity contribution in [1.82, 2.24) is 14.5 Å². The predicted octanol–water partition coefficient (Wildman–Crippen LogP) is 1.99. The van der Waals surface area contributed by atoms with Gasteiger partial charge >= 0.3 is 11.9 Å². The van der Waals surface area contributed by atoms with Crippen molar-refractivity contribution in [1.29, 1.82) is 0 Å². The molecule has 0 saturated carbocycles. The molecule has 1 saturated heterocycles. The molecule has 0 radical (unpaired) electrons. The van der Waals surface area contributed by atoms with Crippen LogP contribution in [-0.2, 0) is 25.1 Å². The van der Waals surface area contributed by atoms with Gasteiger partial charge < -0.3 is 9.88 Å². The molecule has 0 aliphatic carbocycles. The van der Waals surface area contributed by atoms with Gasteiger partial charge in [0.05, 0.1) is 21.7 Å². The van der Waals surface area contributed by atoms with Crippen LogP contribution in [-0.4, -0.2) is 20.2 Å². The lowest BCUT2D eigenvalue weighted by molar-refractivity contribution is -0.137. The molecule has 3 rings (SSSR count). The van der Waals surface area contributed by atoms with Crippen LogP contribution in [0.15, 0.2) is 49.9 Å². The molecule has 0 bridgehead atoms. The zero-order valence-electron chi connectivity index (χ0n) is 14.6. The zero-order chi connectivity index (χ0) is 20.6. The van der Waals surface area contributed by atoms with Crippen LogP contribution in [0.4, 0.5) is 18.9 Å². The van der Waals surface area contributed by atoms with Gasteiger partial charge in [-0.2, -0.15) is 13.2 Å². The van der Waals surface area contributed by atoms with Crippen molar-refractivity contribution in [3.63, 3.8) is 0 Å². The second kappa shape index (κ2) is 7.15. The van der Waals surface area contributed by atoms with Crippen molar-refractivity contribution in [3.05, 3.63) is 67.3 Å². The maximum atomic E-state index is 12.8. The molecule has 1 aliphatic heterocycles. The average Bonchev–Trinajstić information content (AvgIpc) is 2.96. The van der Waals surface area contributed by atoms with E-state index in [4.69, 9.17) is 0 Å². The monoisotopic (exact) mass is 410 g/mol. The summed E-state index contributed by atoms with van der Waals surface area (Å²) >= 11 is 0.880. The summed E-state index contributed by atoms with van der Waals surface area (Å²) in [5, 5.41) is 2.52. The van der Waals surface area contributed by atoms with Crippen molar-refractivity contribution in [2.24, 2.45) is 19.1 Å². The third-order valence-corrected chi connectivity index (χ3v) is 4.72. The number of amides is 1. The molecule has 1 amide bonds. The number of aliphatic imine (C=N–C) groups is 1. The number of aromatic nitrogens is 2. The molecule has 2 heterocycles. The minimum Gasteiger partial charge on any atom is -0.303 e. The first-order valence-electron chi connectivity index (χ1n) is 7.80. The van der Waals surface area contributed by atoms with Gasteiger partial charge in [0, 0.05) is 20.3 Å². The standard InChI is InChI=1S/C17H13F3N4O3S/c1-23-8-9(14(26)24(2)16(23)27)6-12-13(25)22-15(28-12)21-11-5-3-4-10(7-11)17(18,19)20/h3-8H,1-2H3,(H,21,22,25)/b12-6-. The summed E-state index contributed by atoms with van der Waals surface area (Å²) in [5.74, 6) is -0.549. The lowest BCUT2D eigenvalue weighted by Gasteiger charge is -2.06. The highest BCUT2D eigenvalue weighted by Gasteiger charge is 2.30. The molecule has 1 aromatic carbocycles. The first-order chi connectivity index (χ1) is 13.1. The number of halogens is 3. The summed E-state index contributed by atoms with van der Waals surface area (Å²) in [6.07, 6.45) is -1.90. The number of carbonyl (C=O) groups is 1. The smallest absolute Gasteiger partial charge is 0.303 e. The van der Waals surface area contributed by atoms with Gasteiger partial charge in [0.15, 0.2) is 5.17 Å². The molecule has 7 nitrogen and oxygen atoms in total. The number of rotatable bonds is 2. The maximum Gasteiger partial charge on any atom is 0.416 e. The summed E-state index contributed by atoms with van der Waals surface area (Å²) in [4.78, 5) is 40.1.